The summed E-state index contributed by atoms with van der Waals surface area (Å²) in [6.07, 6.45) is 0.253. The van der Waals surface area contributed by atoms with Crippen molar-refractivity contribution < 1.29 is 14.3 Å². The Morgan fingerprint density at radius 3 is 2.12 bits per heavy atom. The fourth-order valence-electron chi connectivity index (χ4n) is 4.20. The smallest absolute Gasteiger partial charge is 0.225 e. The van der Waals surface area contributed by atoms with E-state index < -0.39 is 0 Å². The molecule has 1 aliphatic rings. The summed E-state index contributed by atoms with van der Waals surface area (Å²) in [5, 5.41) is 3.11. The Balaban J connectivity index is 1.38. The predicted octanol–water partition coefficient (Wildman–Crippen LogP) is 3.99. The quantitative estimate of drug-likeness (QED) is 0.590. The first kappa shape index (κ1) is 21.6. The highest BCUT2D eigenvalue weighted by Crippen LogP contribution is 2.25. The van der Waals surface area contributed by atoms with E-state index in [-0.39, 0.29) is 30.1 Å². The number of nitrogens with zero attached hydrogens (tertiary/aromatic N) is 1. The molecule has 0 aromatic heterocycles. The van der Waals surface area contributed by atoms with Crippen LogP contribution in [-0.2, 0) is 16.1 Å². The van der Waals surface area contributed by atoms with Crippen molar-refractivity contribution in [2.24, 2.45) is 5.92 Å². The minimum atomic E-state index is -0.326. The zero-order valence-electron chi connectivity index (χ0n) is 18.2. The molecule has 0 aliphatic carbocycles. The van der Waals surface area contributed by atoms with Crippen LogP contribution in [0.15, 0.2) is 84.9 Å². The maximum atomic E-state index is 12.9. The van der Waals surface area contributed by atoms with Crippen molar-refractivity contribution in [1.82, 2.24) is 10.2 Å². The summed E-state index contributed by atoms with van der Waals surface area (Å²) in [5.41, 5.74) is 3.33. The largest absolute Gasteiger partial charge is 0.497 e. The number of carbonyl (C=O) groups excluding carboxylic acids is 2. The third kappa shape index (κ3) is 5.17. The van der Waals surface area contributed by atoms with E-state index >= 15 is 0 Å². The molecule has 3 aromatic rings. The van der Waals surface area contributed by atoms with Crippen molar-refractivity contribution in [3.63, 3.8) is 0 Å². The van der Waals surface area contributed by atoms with Crippen LogP contribution in [0.1, 0.15) is 29.0 Å². The Morgan fingerprint density at radius 1 is 0.969 bits per heavy atom. The number of rotatable bonds is 8. The molecule has 1 N–H and O–H groups in total. The number of ether oxygens (including phenoxy) is 1. The highest BCUT2D eigenvalue weighted by Gasteiger charge is 2.34. The van der Waals surface area contributed by atoms with Crippen LogP contribution in [0.5, 0.6) is 5.75 Å². The van der Waals surface area contributed by atoms with E-state index in [2.05, 4.69) is 29.6 Å². The standard InChI is InChI=1S/C27H28N2O3/c1-32-24-14-12-20(13-15-24)18-29-19-23(16-26(29)30)27(31)28-17-25(21-8-4-2-5-9-21)22-10-6-3-7-11-22/h2-15,23,25H,16-19H2,1H3,(H,28,31). The van der Waals surface area contributed by atoms with Gasteiger partial charge in [-0.15, -0.1) is 0 Å². The Morgan fingerprint density at radius 2 is 1.56 bits per heavy atom. The monoisotopic (exact) mass is 428 g/mol. The number of nitrogens with one attached hydrogen (secondary N) is 1. The number of likely N-dealkylation sites (tertiary alicyclic amines) is 1. The fraction of sp³-hybridized carbons (Fsp3) is 0.259. The molecule has 0 saturated carbocycles. The molecular weight excluding hydrogens is 400 g/mol. The summed E-state index contributed by atoms with van der Waals surface area (Å²) >= 11 is 0. The van der Waals surface area contributed by atoms with E-state index in [0.29, 0.717) is 19.6 Å². The van der Waals surface area contributed by atoms with E-state index in [1.54, 1.807) is 12.0 Å². The van der Waals surface area contributed by atoms with Crippen LogP contribution in [0.25, 0.3) is 0 Å². The lowest BCUT2D eigenvalue weighted by Gasteiger charge is -2.20. The zero-order valence-corrected chi connectivity index (χ0v) is 18.2. The zero-order chi connectivity index (χ0) is 22.3. The van der Waals surface area contributed by atoms with Crippen molar-refractivity contribution in [3.8, 4) is 5.75 Å². The molecule has 2 amide bonds. The number of benzene rings is 3. The second-order valence-corrected chi connectivity index (χ2v) is 8.14. The minimum absolute atomic E-state index is 0.0173. The minimum Gasteiger partial charge on any atom is -0.497 e. The highest BCUT2D eigenvalue weighted by atomic mass is 16.5. The van der Waals surface area contributed by atoms with E-state index in [4.69, 9.17) is 4.74 Å². The predicted molar refractivity (Wildman–Crippen MR) is 124 cm³/mol. The number of hydrogen-bond acceptors (Lipinski definition) is 3. The lowest BCUT2D eigenvalue weighted by Crippen LogP contribution is -2.35. The summed E-state index contributed by atoms with van der Waals surface area (Å²) in [6.45, 7) is 1.44. The van der Waals surface area contributed by atoms with E-state index in [1.165, 1.54) is 0 Å². The third-order valence-corrected chi connectivity index (χ3v) is 6.00. The molecule has 0 radical (unpaired) electrons. The Labute approximate surface area is 189 Å². The summed E-state index contributed by atoms with van der Waals surface area (Å²) in [5.74, 6) is 0.475. The van der Waals surface area contributed by atoms with Gasteiger partial charge < -0.3 is 15.0 Å². The molecule has 1 unspecified atom stereocenters. The molecule has 1 aliphatic heterocycles. The molecule has 0 spiro atoms. The molecule has 5 nitrogen and oxygen atoms in total. The highest BCUT2D eigenvalue weighted by molar-refractivity contribution is 5.89. The van der Waals surface area contributed by atoms with Crippen molar-refractivity contribution >= 4 is 11.8 Å². The maximum absolute atomic E-state index is 12.9. The van der Waals surface area contributed by atoms with Gasteiger partial charge in [0, 0.05) is 32.0 Å². The molecule has 5 heteroatoms. The second kappa shape index (κ2) is 10.1. The van der Waals surface area contributed by atoms with Crippen LogP contribution in [0.4, 0.5) is 0 Å². The molecule has 1 saturated heterocycles. The molecule has 0 bridgehead atoms. The molecule has 164 valence electrons. The normalized spacial score (nSPS) is 15.8. The molecule has 1 heterocycles. The first-order valence-corrected chi connectivity index (χ1v) is 10.9. The molecule has 32 heavy (non-hydrogen) atoms. The topological polar surface area (TPSA) is 58.6 Å². The van der Waals surface area contributed by atoms with Gasteiger partial charge in [0.25, 0.3) is 0 Å². The molecule has 4 rings (SSSR count). The third-order valence-electron chi connectivity index (χ3n) is 6.00. The average molecular weight is 429 g/mol. The van der Waals surface area contributed by atoms with E-state index in [9.17, 15) is 9.59 Å². The van der Waals surface area contributed by atoms with Gasteiger partial charge >= 0.3 is 0 Å². The SMILES string of the molecule is COc1ccc(CN2CC(C(=O)NCC(c3ccccc3)c3ccccc3)CC2=O)cc1. The van der Waals surface area contributed by atoms with Crippen LogP contribution in [0.3, 0.4) is 0 Å². The van der Waals surface area contributed by atoms with Gasteiger partial charge in [0.15, 0.2) is 0 Å². The number of hydrogen-bond donors (Lipinski definition) is 1. The van der Waals surface area contributed by atoms with Gasteiger partial charge in [-0.2, -0.15) is 0 Å². The van der Waals surface area contributed by atoms with Crippen molar-refractivity contribution in [3.05, 3.63) is 102 Å². The average Bonchev–Trinajstić information content (AvgIpc) is 3.21. The van der Waals surface area contributed by atoms with E-state index in [0.717, 1.165) is 22.4 Å². The van der Waals surface area contributed by atoms with Crippen LogP contribution >= 0.6 is 0 Å². The van der Waals surface area contributed by atoms with Gasteiger partial charge in [0.1, 0.15) is 5.75 Å². The van der Waals surface area contributed by atoms with Crippen LogP contribution in [0, 0.1) is 5.92 Å². The first-order valence-electron chi connectivity index (χ1n) is 10.9. The van der Waals surface area contributed by atoms with Crippen molar-refractivity contribution in [1.29, 1.82) is 0 Å². The Hall–Kier alpha value is -3.60. The van der Waals surface area contributed by atoms with Crippen molar-refractivity contribution in [2.75, 3.05) is 20.2 Å². The number of carbonyl (C=O) groups is 2. The van der Waals surface area contributed by atoms with Crippen LogP contribution < -0.4 is 10.1 Å². The first-order chi connectivity index (χ1) is 15.6. The van der Waals surface area contributed by atoms with Gasteiger partial charge in [-0.3, -0.25) is 9.59 Å². The van der Waals surface area contributed by atoms with Gasteiger partial charge in [0.2, 0.25) is 11.8 Å². The maximum Gasteiger partial charge on any atom is 0.225 e. The van der Waals surface area contributed by atoms with E-state index in [1.807, 2.05) is 60.7 Å². The summed E-state index contributed by atoms with van der Waals surface area (Å²) in [7, 11) is 1.63. The number of methoxy groups -OCH3 is 1. The molecular formula is C27H28N2O3. The van der Waals surface area contributed by atoms with Gasteiger partial charge in [-0.05, 0) is 28.8 Å². The second-order valence-electron chi connectivity index (χ2n) is 8.14. The summed E-state index contributed by atoms with van der Waals surface area (Å²) in [6, 6.07) is 28.0. The molecule has 1 atom stereocenters. The van der Waals surface area contributed by atoms with Gasteiger partial charge in [-0.25, -0.2) is 0 Å². The summed E-state index contributed by atoms with van der Waals surface area (Å²) in [4.78, 5) is 27.2. The molecule has 1 fully saturated rings. The van der Waals surface area contributed by atoms with Gasteiger partial charge in [0.05, 0.1) is 13.0 Å². The molecule has 3 aromatic carbocycles. The van der Waals surface area contributed by atoms with Crippen LogP contribution in [-0.4, -0.2) is 36.9 Å². The Kier molecular flexibility index (Phi) is 6.85. The summed E-state index contributed by atoms with van der Waals surface area (Å²) < 4.78 is 5.19. The number of amides is 2. The van der Waals surface area contributed by atoms with Crippen molar-refractivity contribution in [2.45, 2.75) is 18.9 Å². The lowest BCUT2D eigenvalue weighted by atomic mass is 9.91. The lowest BCUT2D eigenvalue weighted by molar-refractivity contribution is -0.129. The van der Waals surface area contributed by atoms with Crippen LogP contribution in [0.2, 0.25) is 0 Å². The fourth-order valence-corrected chi connectivity index (χ4v) is 4.20. The van der Waals surface area contributed by atoms with Gasteiger partial charge in [-0.1, -0.05) is 72.8 Å². The Bertz CT molecular complexity index is 996.